The fraction of sp³-hybridized carbons (Fsp3) is 0.400. The van der Waals surface area contributed by atoms with E-state index in [1.54, 1.807) is 6.20 Å². The normalized spacial score (nSPS) is 11.6. The molecule has 0 aliphatic heterocycles. The molecule has 0 radical (unpaired) electrons. The van der Waals surface area contributed by atoms with Crippen molar-refractivity contribution in [2.75, 3.05) is 26.4 Å². The molecular formula is C25H41FN8. The largest absolute Gasteiger partial charge is 0.382 e. The summed E-state index contributed by atoms with van der Waals surface area (Å²) in [6, 6.07) is 7.96. The van der Waals surface area contributed by atoms with Gasteiger partial charge in [0.15, 0.2) is 17.3 Å². The van der Waals surface area contributed by atoms with Crippen molar-refractivity contribution in [3.8, 4) is 11.3 Å². The Hall–Kier alpha value is -3.30. The average molecular weight is 473 g/mol. The van der Waals surface area contributed by atoms with Gasteiger partial charge in [-0.1, -0.05) is 57.2 Å². The van der Waals surface area contributed by atoms with E-state index in [1.807, 2.05) is 59.1 Å². The second kappa shape index (κ2) is 17.2. The molecule has 34 heavy (non-hydrogen) atoms. The Balaban J connectivity index is 0.00000138. The lowest BCUT2D eigenvalue weighted by Crippen LogP contribution is -2.40. The molecule has 0 spiro atoms. The Kier molecular flexibility index (Phi) is 15.5. The van der Waals surface area contributed by atoms with E-state index in [1.165, 1.54) is 18.6 Å². The van der Waals surface area contributed by atoms with E-state index in [2.05, 4.69) is 39.0 Å². The number of nitrogens with zero attached hydrogens (tertiary/aromatic N) is 5. The predicted molar refractivity (Wildman–Crippen MR) is 142 cm³/mol. The molecule has 0 amide bonds. The summed E-state index contributed by atoms with van der Waals surface area (Å²) >= 11 is 0. The third-order valence-electron chi connectivity index (χ3n) is 4.20. The number of halogens is 1. The number of rotatable bonds is 7. The number of nitrogens with two attached hydrogens (primary N) is 3. The molecule has 1 aromatic carbocycles. The first-order valence-corrected chi connectivity index (χ1v) is 11.3. The monoisotopic (exact) mass is 472 g/mol. The molecule has 0 saturated heterocycles. The number of benzene rings is 1. The zero-order chi connectivity index (χ0) is 26.1. The first-order chi connectivity index (χ1) is 16.2. The standard InChI is InChI=1S/C18H25FN8.C5H10.C2H6/c1-12(19)8-9-27(22)18(25-21)16-17(20)23-10-15(24-16)14-6-4-13(5-7-14)11-26(2)3;1-3-5-4-2;1-2/h4-8,10H,9,11,21-22H2,1-3H3,(H2,20,23);3,5H,4H2,1-2H3;1-2H3/b12-8+,25-18-;5-3-;. The highest BCUT2D eigenvalue weighted by Gasteiger charge is 2.17. The molecule has 2 rings (SSSR count). The number of amidine groups is 1. The Bertz CT molecular complexity index is 917. The van der Waals surface area contributed by atoms with Crippen molar-refractivity contribution in [2.45, 2.75) is 47.6 Å². The minimum Gasteiger partial charge on any atom is -0.382 e. The molecule has 0 atom stereocenters. The van der Waals surface area contributed by atoms with Crippen LogP contribution in [-0.4, -0.2) is 46.4 Å². The molecule has 8 nitrogen and oxygen atoms in total. The van der Waals surface area contributed by atoms with Gasteiger partial charge in [0.25, 0.3) is 0 Å². The first kappa shape index (κ1) is 30.7. The Morgan fingerprint density at radius 1 is 1.18 bits per heavy atom. The maximum atomic E-state index is 13.0. The quantitative estimate of drug-likeness (QED) is 0.179. The summed E-state index contributed by atoms with van der Waals surface area (Å²) in [5.41, 5.74) is 8.81. The minimum atomic E-state index is -0.368. The van der Waals surface area contributed by atoms with Crippen LogP contribution in [0.4, 0.5) is 10.2 Å². The number of nitrogen functional groups attached to an aromatic ring is 1. The van der Waals surface area contributed by atoms with Crippen molar-refractivity contribution in [1.82, 2.24) is 19.9 Å². The highest BCUT2D eigenvalue weighted by atomic mass is 19.1. The molecule has 1 aromatic heterocycles. The maximum absolute atomic E-state index is 13.0. The Morgan fingerprint density at radius 3 is 2.24 bits per heavy atom. The van der Waals surface area contributed by atoms with Crippen LogP contribution in [0.3, 0.4) is 0 Å². The van der Waals surface area contributed by atoms with Gasteiger partial charge in [0.1, 0.15) is 0 Å². The van der Waals surface area contributed by atoms with Gasteiger partial charge in [-0.3, -0.25) is 5.01 Å². The van der Waals surface area contributed by atoms with Crippen LogP contribution < -0.4 is 17.4 Å². The smallest absolute Gasteiger partial charge is 0.192 e. The van der Waals surface area contributed by atoms with Gasteiger partial charge in [-0.2, -0.15) is 5.10 Å². The fourth-order valence-electron chi connectivity index (χ4n) is 2.67. The van der Waals surface area contributed by atoms with Gasteiger partial charge in [-0.15, -0.1) is 0 Å². The number of hydrazone groups is 1. The van der Waals surface area contributed by atoms with Gasteiger partial charge in [0.2, 0.25) is 0 Å². The molecule has 0 unspecified atom stereocenters. The third kappa shape index (κ3) is 11.0. The van der Waals surface area contributed by atoms with Crippen molar-refractivity contribution in [3.63, 3.8) is 0 Å². The molecule has 0 fully saturated rings. The molecule has 2 aromatic rings. The van der Waals surface area contributed by atoms with Crippen molar-refractivity contribution in [2.24, 2.45) is 16.8 Å². The van der Waals surface area contributed by atoms with Crippen LogP contribution in [0, 0.1) is 0 Å². The summed E-state index contributed by atoms with van der Waals surface area (Å²) < 4.78 is 13.0. The van der Waals surface area contributed by atoms with Crippen LogP contribution >= 0.6 is 0 Å². The van der Waals surface area contributed by atoms with Crippen molar-refractivity contribution >= 4 is 11.7 Å². The van der Waals surface area contributed by atoms with E-state index in [-0.39, 0.29) is 29.7 Å². The Labute approximate surface area is 204 Å². The summed E-state index contributed by atoms with van der Waals surface area (Å²) in [5, 5.41) is 4.82. The number of allylic oxidation sites excluding steroid dienone is 3. The second-order valence-corrected chi connectivity index (χ2v) is 7.30. The molecule has 6 N–H and O–H groups in total. The van der Waals surface area contributed by atoms with E-state index in [9.17, 15) is 4.39 Å². The summed E-state index contributed by atoms with van der Waals surface area (Å²) in [5.74, 6) is 11.3. The molecule has 0 aliphatic rings. The van der Waals surface area contributed by atoms with Crippen LogP contribution in [0.2, 0.25) is 0 Å². The maximum Gasteiger partial charge on any atom is 0.192 e. The molecule has 0 saturated carbocycles. The molecule has 0 aliphatic carbocycles. The first-order valence-electron chi connectivity index (χ1n) is 11.3. The van der Waals surface area contributed by atoms with Gasteiger partial charge in [-0.05, 0) is 46.0 Å². The highest BCUT2D eigenvalue weighted by Crippen LogP contribution is 2.20. The van der Waals surface area contributed by atoms with Crippen LogP contribution in [0.5, 0.6) is 0 Å². The summed E-state index contributed by atoms with van der Waals surface area (Å²) in [4.78, 5) is 10.8. The second-order valence-electron chi connectivity index (χ2n) is 7.30. The zero-order valence-corrected chi connectivity index (χ0v) is 21.6. The molecule has 0 bridgehead atoms. The highest BCUT2D eigenvalue weighted by molar-refractivity contribution is 6.00. The van der Waals surface area contributed by atoms with E-state index < -0.39 is 0 Å². The van der Waals surface area contributed by atoms with Crippen molar-refractivity contribution < 1.29 is 4.39 Å². The number of aromatic nitrogens is 2. The Morgan fingerprint density at radius 2 is 1.79 bits per heavy atom. The summed E-state index contributed by atoms with van der Waals surface area (Å²) in [7, 11) is 4.02. The van der Waals surface area contributed by atoms with Gasteiger partial charge < -0.3 is 16.5 Å². The lowest BCUT2D eigenvalue weighted by molar-refractivity contribution is 0.402. The molecule has 9 heteroatoms. The topological polar surface area (TPSA) is 123 Å². The van der Waals surface area contributed by atoms with E-state index in [0.717, 1.165) is 23.5 Å². The van der Waals surface area contributed by atoms with Crippen molar-refractivity contribution in [1.29, 1.82) is 0 Å². The van der Waals surface area contributed by atoms with E-state index in [4.69, 9.17) is 17.4 Å². The summed E-state index contributed by atoms with van der Waals surface area (Å²) in [6.45, 7) is 10.4. The number of hydrazine groups is 1. The lowest BCUT2D eigenvalue weighted by Gasteiger charge is -2.19. The zero-order valence-electron chi connectivity index (χ0n) is 21.6. The number of hydrogen-bond donors (Lipinski definition) is 3. The van der Waals surface area contributed by atoms with Gasteiger partial charge >= 0.3 is 0 Å². The number of anilines is 1. The molecule has 1 heterocycles. The fourth-order valence-corrected chi connectivity index (χ4v) is 2.67. The predicted octanol–water partition coefficient (Wildman–Crippen LogP) is 4.46. The van der Waals surface area contributed by atoms with E-state index >= 15 is 0 Å². The molecular weight excluding hydrogens is 431 g/mol. The summed E-state index contributed by atoms with van der Waals surface area (Å²) in [6.07, 6.45) is 8.21. The minimum absolute atomic E-state index is 0.0585. The SMILES string of the molecule is C/C(F)=C\CN(N)/C(=N\N)c1nc(-c2ccc(CN(C)C)cc2)cnc1N.C/C=C\CC.CC. The average Bonchev–Trinajstić information content (AvgIpc) is 2.82. The van der Waals surface area contributed by atoms with Gasteiger partial charge in [0, 0.05) is 12.1 Å². The van der Waals surface area contributed by atoms with Gasteiger partial charge in [0.05, 0.1) is 24.3 Å². The van der Waals surface area contributed by atoms with Gasteiger partial charge in [-0.25, -0.2) is 20.2 Å². The van der Waals surface area contributed by atoms with Crippen LogP contribution in [0.25, 0.3) is 11.3 Å². The van der Waals surface area contributed by atoms with Crippen molar-refractivity contribution in [3.05, 3.63) is 65.8 Å². The van der Waals surface area contributed by atoms with Crippen LogP contribution in [-0.2, 0) is 6.54 Å². The van der Waals surface area contributed by atoms with Crippen LogP contribution in [0.15, 0.2) is 59.6 Å². The molecule has 188 valence electrons. The third-order valence-corrected chi connectivity index (χ3v) is 4.20. The lowest BCUT2D eigenvalue weighted by atomic mass is 10.1. The van der Waals surface area contributed by atoms with Crippen LogP contribution in [0.1, 0.15) is 52.3 Å². The van der Waals surface area contributed by atoms with E-state index in [0.29, 0.717) is 5.69 Å². The number of hydrogen-bond acceptors (Lipinski definition) is 7.